The Hall–Kier alpha value is -3.21. The summed E-state index contributed by atoms with van der Waals surface area (Å²) in [7, 11) is 0. The number of nitrogens with zero attached hydrogens (tertiary/aromatic N) is 7. The third-order valence-corrected chi connectivity index (χ3v) is 6.09. The van der Waals surface area contributed by atoms with Gasteiger partial charge in [-0.1, -0.05) is 13.8 Å². The number of anilines is 2. The molecule has 3 aromatic rings. The van der Waals surface area contributed by atoms with Gasteiger partial charge in [0, 0.05) is 57.0 Å². The van der Waals surface area contributed by atoms with Gasteiger partial charge in [0.15, 0.2) is 11.6 Å². The number of likely N-dealkylation sites (N-methyl/N-ethyl adjacent to an activating group) is 1. The molecule has 1 saturated heterocycles. The van der Waals surface area contributed by atoms with Crippen molar-refractivity contribution in [1.82, 2.24) is 29.6 Å². The summed E-state index contributed by atoms with van der Waals surface area (Å²) in [5, 5.41) is 8.24. The van der Waals surface area contributed by atoms with Crippen molar-refractivity contribution >= 4 is 28.4 Å². The van der Waals surface area contributed by atoms with Crippen LogP contribution in [0.2, 0.25) is 0 Å². The average Bonchev–Trinajstić information content (AvgIpc) is 3.38. The van der Waals surface area contributed by atoms with Gasteiger partial charge in [0.2, 0.25) is 11.7 Å². The van der Waals surface area contributed by atoms with Crippen LogP contribution in [0.1, 0.15) is 45.6 Å². The summed E-state index contributed by atoms with van der Waals surface area (Å²) < 4.78 is 29.7. The lowest BCUT2D eigenvalue weighted by Crippen LogP contribution is -2.37. The van der Waals surface area contributed by atoms with Crippen LogP contribution in [0, 0.1) is 6.92 Å². The van der Waals surface area contributed by atoms with Crippen LogP contribution in [0.3, 0.4) is 0 Å². The molecule has 182 valence electrons. The molecule has 34 heavy (non-hydrogen) atoms. The largest absolute Gasteiger partial charge is 0.353 e. The Morgan fingerprint density at radius 2 is 2.00 bits per heavy atom. The number of aryl methyl sites for hydroxylation is 1. The van der Waals surface area contributed by atoms with Crippen molar-refractivity contribution in [3.05, 3.63) is 29.8 Å². The van der Waals surface area contributed by atoms with Gasteiger partial charge in [-0.15, -0.1) is 5.10 Å². The molecule has 0 bridgehead atoms. The molecule has 11 heteroatoms. The maximum Gasteiger partial charge on any atom is 0.303 e. The van der Waals surface area contributed by atoms with Crippen LogP contribution in [-0.4, -0.2) is 67.8 Å². The highest BCUT2D eigenvalue weighted by atomic mass is 19.3. The molecular weight excluding hydrogens is 442 g/mol. The maximum absolute atomic E-state index is 14.1. The van der Waals surface area contributed by atoms with E-state index in [4.69, 9.17) is 5.10 Å². The molecule has 0 spiro atoms. The lowest BCUT2D eigenvalue weighted by atomic mass is 10.2. The lowest BCUT2D eigenvalue weighted by Gasteiger charge is -2.26. The predicted molar refractivity (Wildman–Crippen MR) is 127 cm³/mol. The first-order valence-corrected chi connectivity index (χ1v) is 11.5. The number of carbonyl (C=O) groups is 1. The van der Waals surface area contributed by atoms with Crippen molar-refractivity contribution in [2.45, 2.75) is 53.0 Å². The molecule has 0 aromatic carbocycles. The number of rotatable bonds is 7. The molecule has 4 heterocycles. The summed E-state index contributed by atoms with van der Waals surface area (Å²) in [5.74, 6) is -2.71. The Labute approximate surface area is 197 Å². The fraction of sp³-hybridized carbons (Fsp3) is 0.522. The SMILES string of the molecule is CCN(CC)C1CCN(c2nn(-c3cc(C)nc(C(C)(F)F)n3)c3cc(NC(C)=O)ncc23)C1. The molecule has 0 radical (unpaired) electrons. The molecule has 9 nitrogen and oxygen atoms in total. The summed E-state index contributed by atoms with van der Waals surface area (Å²) in [5.41, 5.74) is 1.02. The number of hydrogen-bond donors (Lipinski definition) is 1. The minimum Gasteiger partial charge on any atom is -0.353 e. The van der Waals surface area contributed by atoms with Crippen molar-refractivity contribution in [2.24, 2.45) is 0 Å². The zero-order valence-electron chi connectivity index (χ0n) is 20.1. The number of fused-ring (bicyclic) bond motifs is 1. The van der Waals surface area contributed by atoms with E-state index >= 15 is 0 Å². The molecule has 0 saturated carbocycles. The molecule has 1 unspecified atom stereocenters. The van der Waals surface area contributed by atoms with Gasteiger partial charge >= 0.3 is 5.92 Å². The summed E-state index contributed by atoms with van der Waals surface area (Å²) in [6.45, 7) is 11.7. The molecule has 3 aromatic heterocycles. The highest BCUT2D eigenvalue weighted by Crippen LogP contribution is 2.33. The predicted octanol–water partition coefficient (Wildman–Crippen LogP) is 3.51. The minimum atomic E-state index is -3.19. The van der Waals surface area contributed by atoms with Crippen LogP contribution in [0.15, 0.2) is 18.3 Å². The van der Waals surface area contributed by atoms with Crippen LogP contribution in [0.4, 0.5) is 20.4 Å². The van der Waals surface area contributed by atoms with Gasteiger partial charge in [-0.05, 0) is 26.4 Å². The monoisotopic (exact) mass is 472 g/mol. The first kappa shape index (κ1) is 23.9. The van der Waals surface area contributed by atoms with Gasteiger partial charge in [-0.3, -0.25) is 9.69 Å². The maximum atomic E-state index is 14.1. The normalized spacial score (nSPS) is 16.6. The number of amides is 1. The van der Waals surface area contributed by atoms with E-state index in [1.165, 1.54) is 11.6 Å². The van der Waals surface area contributed by atoms with Gasteiger partial charge in [0.25, 0.3) is 0 Å². The number of carbonyl (C=O) groups excluding carboxylic acids is 1. The van der Waals surface area contributed by atoms with E-state index < -0.39 is 11.7 Å². The van der Waals surface area contributed by atoms with E-state index in [2.05, 4.69) is 43.9 Å². The fourth-order valence-electron chi connectivity index (χ4n) is 4.48. The summed E-state index contributed by atoms with van der Waals surface area (Å²) in [4.78, 5) is 28.6. The third-order valence-electron chi connectivity index (χ3n) is 6.09. The third kappa shape index (κ3) is 4.70. The van der Waals surface area contributed by atoms with Crippen LogP contribution in [0.25, 0.3) is 16.7 Å². The Morgan fingerprint density at radius 1 is 1.26 bits per heavy atom. The highest BCUT2D eigenvalue weighted by molar-refractivity contribution is 5.95. The second kappa shape index (κ2) is 9.21. The number of pyridine rings is 1. The fourth-order valence-corrected chi connectivity index (χ4v) is 4.48. The second-order valence-corrected chi connectivity index (χ2v) is 8.69. The van der Waals surface area contributed by atoms with E-state index in [0.717, 1.165) is 44.9 Å². The van der Waals surface area contributed by atoms with Crippen molar-refractivity contribution < 1.29 is 13.6 Å². The topological polar surface area (TPSA) is 92.1 Å². The molecular formula is C23H30F2N8O. The Balaban J connectivity index is 1.84. The zero-order chi connectivity index (χ0) is 24.6. The molecule has 1 atom stereocenters. The van der Waals surface area contributed by atoms with E-state index in [1.807, 2.05) is 0 Å². The first-order valence-electron chi connectivity index (χ1n) is 11.5. The van der Waals surface area contributed by atoms with Crippen molar-refractivity contribution in [3.8, 4) is 5.82 Å². The van der Waals surface area contributed by atoms with Crippen molar-refractivity contribution in [2.75, 3.05) is 36.4 Å². The van der Waals surface area contributed by atoms with Gasteiger partial charge in [0.1, 0.15) is 5.82 Å². The van der Waals surface area contributed by atoms with E-state index in [1.54, 1.807) is 25.3 Å². The number of halogens is 2. The Bertz CT molecular complexity index is 1200. The molecule has 1 aliphatic rings. The van der Waals surface area contributed by atoms with Gasteiger partial charge in [0.05, 0.1) is 10.9 Å². The van der Waals surface area contributed by atoms with Crippen LogP contribution >= 0.6 is 0 Å². The van der Waals surface area contributed by atoms with Crippen molar-refractivity contribution in [1.29, 1.82) is 0 Å². The number of nitrogens with one attached hydrogen (secondary N) is 1. The van der Waals surface area contributed by atoms with Crippen molar-refractivity contribution in [3.63, 3.8) is 0 Å². The summed E-state index contributed by atoms with van der Waals surface area (Å²) >= 11 is 0. The summed E-state index contributed by atoms with van der Waals surface area (Å²) in [6.07, 6.45) is 2.67. The molecule has 0 aliphatic carbocycles. The molecule has 4 rings (SSSR count). The van der Waals surface area contributed by atoms with Gasteiger partial charge < -0.3 is 10.2 Å². The smallest absolute Gasteiger partial charge is 0.303 e. The summed E-state index contributed by atoms with van der Waals surface area (Å²) in [6, 6.07) is 3.72. The molecule has 1 fully saturated rings. The standard InChI is InChI=1S/C23H30F2N8O/c1-6-31(7-2)16-8-9-32(13-16)21-17-12-26-19(28-15(4)34)11-18(17)33(30-21)20-10-14(3)27-22(29-20)23(5,24)25/h10-12,16H,6-9,13H2,1-5H3,(H,26,28,34). The molecule has 1 aliphatic heterocycles. The zero-order valence-corrected chi connectivity index (χ0v) is 20.1. The molecule has 1 N–H and O–H groups in total. The van der Waals surface area contributed by atoms with E-state index in [-0.39, 0.29) is 11.7 Å². The minimum absolute atomic E-state index is 0.236. The number of aromatic nitrogens is 5. The van der Waals surface area contributed by atoms with Crippen LogP contribution in [-0.2, 0) is 10.7 Å². The van der Waals surface area contributed by atoms with E-state index in [9.17, 15) is 13.6 Å². The van der Waals surface area contributed by atoms with E-state index in [0.29, 0.717) is 28.9 Å². The highest BCUT2D eigenvalue weighted by Gasteiger charge is 2.31. The lowest BCUT2D eigenvalue weighted by molar-refractivity contribution is -0.114. The second-order valence-electron chi connectivity index (χ2n) is 8.69. The van der Waals surface area contributed by atoms with Crippen LogP contribution < -0.4 is 10.2 Å². The Kier molecular flexibility index (Phi) is 6.48. The van der Waals surface area contributed by atoms with Gasteiger partial charge in [-0.2, -0.15) is 8.78 Å². The number of alkyl halides is 2. The quantitative estimate of drug-likeness (QED) is 0.563. The first-order chi connectivity index (χ1) is 16.1. The Morgan fingerprint density at radius 3 is 2.65 bits per heavy atom. The van der Waals surface area contributed by atoms with Crippen LogP contribution in [0.5, 0.6) is 0 Å². The average molecular weight is 473 g/mol. The molecule has 1 amide bonds. The van der Waals surface area contributed by atoms with Gasteiger partial charge in [-0.25, -0.2) is 19.6 Å². The number of hydrogen-bond acceptors (Lipinski definition) is 7.